The van der Waals surface area contributed by atoms with E-state index in [4.69, 9.17) is 9.47 Å². The molecule has 1 fully saturated rings. The van der Waals surface area contributed by atoms with Gasteiger partial charge in [-0.15, -0.1) is 0 Å². The third-order valence-corrected chi connectivity index (χ3v) is 5.19. The molecule has 0 aromatic carbocycles. The van der Waals surface area contributed by atoms with Gasteiger partial charge in [0.1, 0.15) is 17.5 Å². The molecule has 1 aliphatic carbocycles. The van der Waals surface area contributed by atoms with Crippen molar-refractivity contribution in [1.82, 2.24) is 29.9 Å². The second-order valence-corrected chi connectivity index (χ2v) is 10.0. The van der Waals surface area contributed by atoms with Gasteiger partial charge in [0.2, 0.25) is 0 Å². The van der Waals surface area contributed by atoms with Crippen molar-refractivity contribution in [3.8, 4) is 11.5 Å². The normalized spacial score (nSPS) is 12.7. The van der Waals surface area contributed by atoms with Gasteiger partial charge >= 0.3 is 0 Å². The number of rotatable bonds is 7. The summed E-state index contributed by atoms with van der Waals surface area (Å²) in [6, 6.07) is 0. The van der Waals surface area contributed by atoms with Gasteiger partial charge in [-0.25, -0.2) is 29.9 Å². The van der Waals surface area contributed by atoms with E-state index in [1.54, 1.807) is 31.9 Å². The number of hydrogen-bond donors (Lipinski definition) is 0. The molecule has 4 rings (SSSR count). The highest BCUT2D eigenvalue weighted by atomic mass is 16.5. The monoisotopic (exact) mass is 494 g/mol. The lowest BCUT2D eigenvalue weighted by atomic mass is 10.2. The predicted octanol–water partition coefficient (Wildman–Crippen LogP) is 6.47. The molecule has 0 N–H and O–H groups in total. The standard InChI is InChI=1S/C10H16N2O.C10H14N2.C8H12N2O/c1-7(2)10-11-5-9(6-12-10)13-8(3)4;1-7(2)10-11-5-9(6-12-10)8-3-4-8;1-6(2)8-9-4-7(11-3)5-10-8/h5-8H,1-4H3;5-8H,3-4H2,1-2H3;4-6H,1-3H3. The summed E-state index contributed by atoms with van der Waals surface area (Å²) in [5, 5.41) is 0. The zero-order chi connectivity index (χ0) is 26.7. The molecule has 0 bridgehead atoms. The molecule has 0 radical (unpaired) electrons. The fourth-order valence-electron chi connectivity index (χ4n) is 2.96. The van der Waals surface area contributed by atoms with E-state index >= 15 is 0 Å². The van der Waals surface area contributed by atoms with Gasteiger partial charge in [0.05, 0.1) is 38.0 Å². The highest BCUT2D eigenvalue weighted by Crippen LogP contribution is 2.39. The molecule has 0 aliphatic heterocycles. The number of hydrogen-bond acceptors (Lipinski definition) is 8. The highest BCUT2D eigenvalue weighted by molar-refractivity contribution is 5.17. The molecule has 196 valence electrons. The maximum absolute atomic E-state index is 5.42. The minimum atomic E-state index is 0.175. The maximum Gasteiger partial charge on any atom is 0.156 e. The molecule has 3 heterocycles. The van der Waals surface area contributed by atoms with E-state index in [0.717, 1.165) is 29.1 Å². The van der Waals surface area contributed by atoms with Crippen LogP contribution in [0.5, 0.6) is 11.5 Å². The van der Waals surface area contributed by atoms with Crippen LogP contribution in [0.25, 0.3) is 0 Å². The van der Waals surface area contributed by atoms with Crippen LogP contribution in [0.1, 0.15) is 115 Å². The van der Waals surface area contributed by atoms with E-state index in [2.05, 4.69) is 71.4 Å². The Morgan fingerprint density at radius 1 is 0.583 bits per heavy atom. The minimum Gasteiger partial charge on any atom is -0.494 e. The summed E-state index contributed by atoms with van der Waals surface area (Å²) in [6.45, 7) is 16.4. The SMILES string of the molecule is CC(C)Oc1cnc(C(C)C)nc1.CC(C)c1ncc(C2CC2)cn1.COc1cnc(C(C)C)nc1. The van der Waals surface area contributed by atoms with E-state index in [0.29, 0.717) is 23.5 Å². The molecule has 36 heavy (non-hydrogen) atoms. The summed E-state index contributed by atoms with van der Waals surface area (Å²) in [5.74, 6) is 6.06. The van der Waals surface area contributed by atoms with Gasteiger partial charge in [-0.3, -0.25) is 0 Å². The Morgan fingerprint density at radius 2 is 0.944 bits per heavy atom. The Bertz CT molecular complexity index is 979. The van der Waals surface area contributed by atoms with E-state index in [9.17, 15) is 0 Å². The van der Waals surface area contributed by atoms with Crippen molar-refractivity contribution in [1.29, 1.82) is 0 Å². The van der Waals surface area contributed by atoms with Crippen molar-refractivity contribution in [2.75, 3.05) is 7.11 Å². The van der Waals surface area contributed by atoms with Crippen molar-refractivity contribution in [2.45, 2.75) is 98.0 Å². The van der Waals surface area contributed by atoms with Gasteiger partial charge in [-0.1, -0.05) is 41.5 Å². The summed E-state index contributed by atoms with van der Waals surface area (Å²) in [5.41, 5.74) is 1.32. The first-order valence-electron chi connectivity index (χ1n) is 12.8. The van der Waals surface area contributed by atoms with Crippen LogP contribution >= 0.6 is 0 Å². The third kappa shape index (κ3) is 10.2. The average Bonchev–Trinajstić information content (AvgIpc) is 3.70. The molecule has 3 aromatic heterocycles. The highest BCUT2D eigenvalue weighted by Gasteiger charge is 2.24. The first kappa shape index (κ1) is 29.1. The first-order chi connectivity index (χ1) is 17.1. The molecule has 8 nitrogen and oxygen atoms in total. The third-order valence-electron chi connectivity index (χ3n) is 5.19. The number of methoxy groups -OCH3 is 1. The Morgan fingerprint density at radius 3 is 1.25 bits per heavy atom. The summed E-state index contributed by atoms with van der Waals surface area (Å²) in [6.07, 6.45) is 13.6. The van der Waals surface area contributed by atoms with Gasteiger partial charge in [-0.2, -0.15) is 0 Å². The number of aromatic nitrogens is 6. The molecule has 8 heteroatoms. The van der Waals surface area contributed by atoms with Crippen LogP contribution in [0.15, 0.2) is 37.2 Å². The Balaban J connectivity index is 0.000000191. The average molecular weight is 495 g/mol. The Labute approximate surface area is 216 Å². The fourth-order valence-corrected chi connectivity index (χ4v) is 2.96. The fraction of sp³-hybridized carbons (Fsp3) is 0.571. The van der Waals surface area contributed by atoms with E-state index in [-0.39, 0.29) is 6.10 Å². The molecule has 0 amide bonds. The first-order valence-corrected chi connectivity index (χ1v) is 12.8. The van der Waals surface area contributed by atoms with E-state index in [1.165, 1.54) is 18.4 Å². The van der Waals surface area contributed by atoms with Crippen LogP contribution in [0.3, 0.4) is 0 Å². The maximum atomic E-state index is 5.42. The van der Waals surface area contributed by atoms with Crippen LogP contribution in [-0.2, 0) is 0 Å². The smallest absolute Gasteiger partial charge is 0.156 e. The van der Waals surface area contributed by atoms with Gasteiger partial charge in [0, 0.05) is 30.1 Å². The van der Waals surface area contributed by atoms with Gasteiger partial charge in [0.15, 0.2) is 11.5 Å². The van der Waals surface area contributed by atoms with Crippen molar-refractivity contribution in [2.24, 2.45) is 0 Å². The van der Waals surface area contributed by atoms with Crippen molar-refractivity contribution in [3.63, 3.8) is 0 Å². The van der Waals surface area contributed by atoms with Crippen LogP contribution < -0.4 is 9.47 Å². The van der Waals surface area contributed by atoms with Crippen LogP contribution in [0.2, 0.25) is 0 Å². The lowest BCUT2D eigenvalue weighted by molar-refractivity contribution is 0.240. The zero-order valence-corrected chi connectivity index (χ0v) is 23.3. The molecule has 0 spiro atoms. The Hall–Kier alpha value is -3.16. The molecule has 1 saturated carbocycles. The van der Waals surface area contributed by atoms with Crippen molar-refractivity contribution >= 4 is 0 Å². The lowest BCUT2D eigenvalue weighted by Crippen LogP contribution is -2.07. The molecule has 0 saturated heterocycles. The summed E-state index contributed by atoms with van der Waals surface area (Å²) < 4.78 is 10.3. The van der Waals surface area contributed by atoms with Crippen molar-refractivity contribution < 1.29 is 9.47 Å². The van der Waals surface area contributed by atoms with Gasteiger partial charge in [0.25, 0.3) is 0 Å². The predicted molar refractivity (Wildman–Crippen MR) is 143 cm³/mol. The van der Waals surface area contributed by atoms with Gasteiger partial charge in [-0.05, 0) is 38.2 Å². The summed E-state index contributed by atoms with van der Waals surface area (Å²) in [4.78, 5) is 25.3. The summed E-state index contributed by atoms with van der Waals surface area (Å²) in [7, 11) is 1.60. The minimum absolute atomic E-state index is 0.175. The van der Waals surface area contributed by atoms with Crippen molar-refractivity contribution in [3.05, 3.63) is 60.2 Å². The quantitative estimate of drug-likeness (QED) is 0.368. The molecule has 1 aliphatic rings. The molecular formula is C28H42N6O2. The van der Waals surface area contributed by atoms with E-state index < -0.39 is 0 Å². The van der Waals surface area contributed by atoms with E-state index in [1.807, 2.05) is 26.2 Å². The largest absolute Gasteiger partial charge is 0.494 e. The summed E-state index contributed by atoms with van der Waals surface area (Å²) >= 11 is 0. The van der Waals surface area contributed by atoms with Crippen LogP contribution in [0, 0.1) is 0 Å². The lowest BCUT2D eigenvalue weighted by Gasteiger charge is -2.09. The zero-order valence-electron chi connectivity index (χ0n) is 23.3. The molecule has 0 atom stereocenters. The van der Waals surface area contributed by atoms with Crippen LogP contribution in [0.4, 0.5) is 0 Å². The second-order valence-electron chi connectivity index (χ2n) is 10.0. The number of nitrogens with zero attached hydrogens (tertiary/aromatic N) is 6. The second kappa shape index (κ2) is 14.4. The Kier molecular flexibility index (Phi) is 11.6. The topological polar surface area (TPSA) is 95.8 Å². The number of ether oxygens (including phenoxy) is 2. The van der Waals surface area contributed by atoms with Gasteiger partial charge < -0.3 is 9.47 Å². The molecule has 0 unspecified atom stereocenters. The molecule has 3 aromatic rings. The van der Waals surface area contributed by atoms with Crippen LogP contribution in [-0.4, -0.2) is 43.1 Å². The molecular weight excluding hydrogens is 452 g/mol.